The smallest absolute Gasteiger partial charge is 0.319 e. The normalized spacial score (nSPS) is 25.7. The first-order valence-corrected chi connectivity index (χ1v) is 7.01. The van der Waals surface area contributed by atoms with E-state index in [1.807, 2.05) is 16.8 Å². The summed E-state index contributed by atoms with van der Waals surface area (Å²) in [4.78, 5) is 16.1. The first-order chi connectivity index (χ1) is 8.27. The van der Waals surface area contributed by atoms with Gasteiger partial charge in [0.1, 0.15) is 0 Å². The summed E-state index contributed by atoms with van der Waals surface area (Å²) in [5.74, 6) is 0. The van der Waals surface area contributed by atoms with Crippen LogP contribution in [0.4, 0.5) is 4.79 Å². The molecule has 0 radical (unpaired) electrons. The highest BCUT2D eigenvalue weighted by molar-refractivity contribution is 5.74. The lowest BCUT2D eigenvalue weighted by Gasteiger charge is -2.34. The molecule has 2 aliphatic heterocycles. The zero-order valence-corrected chi connectivity index (χ0v) is 11.0. The molecule has 98 valence electrons. The van der Waals surface area contributed by atoms with Gasteiger partial charge < -0.3 is 15.1 Å². The van der Waals surface area contributed by atoms with E-state index >= 15 is 0 Å². The maximum Gasteiger partial charge on any atom is 0.319 e. The highest BCUT2D eigenvalue weighted by Crippen LogP contribution is 2.12. The molecule has 2 heterocycles. The van der Waals surface area contributed by atoms with Crippen LogP contribution in [0.2, 0.25) is 0 Å². The molecule has 0 aromatic rings. The first kappa shape index (κ1) is 12.7. The van der Waals surface area contributed by atoms with Crippen molar-refractivity contribution in [1.29, 1.82) is 0 Å². The van der Waals surface area contributed by atoms with Crippen molar-refractivity contribution in [3.05, 3.63) is 0 Å². The van der Waals surface area contributed by atoms with Gasteiger partial charge in [0.2, 0.25) is 0 Å². The Morgan fingerprint density at radius 2 is 2.00 bits per heavy atom. The molecule has 0 aliphatic carbocycles. The average molecular weight is 239 g/mol. The van der Waals surface area contributed by atoms with Crippen LogP contribution in [-0.4, -0.2) is 55.1 Å². The van der Waals surface area contributed by atoms with Crippen molar-refractivity contribution in [2.75, 3.05) is 33.2 Å². The molecule has 0 bridgehead atoms. The Labute approximate surface area is 104 Å². The molecular weight excluding hydrogens is 214 g/mol. The van der Waals surface area contributed by atoms with Crippen LogP contribution < -0.4 is 5.32 Å². The summed E-state index contributed by atoms with van der Waals surface area (Å²) >= 11 is 0. The minimum absolute atomic E-state index is 0.220. The third-order valence-electron chi connectivity index (χ3n) is 3.86. The molecule has 4 nitrogen and oxygen atoms in total. The van der Waals surface area contributed by atoms with E-state index in [4.69, 9.17) is 0 Å². The molecule has 1 unspecified atom stereocenters. The lowest BCUT2D eigenvalue weighted by molar-refractivity contribution is 0.146. The van der Waals surface area contributed by atoms with E-state index in [1.165, 1.54) is 38.5 Å². The second-order valence-electron chi connectivity index (χ2n) is 5.36. The minimum atomic E-state index is 0.220. The van der Waals surface area contributed by atoms with Crippen LogP contribution in [0.3, 0.4) is 0 Å². The second-order valence-corrected chi connectivity index (χ2v) is 5.36. The van der Waals surface area contributed by atoms with Crippen LogP contribution in [0.5, 0.6) is 0 Å². The van der Waals surface area contributed by atoms with Gasteiger partial charge in [-0.1, -0.05) is 6.42 Å². The fourth-order valence-electron chi connectivity index (χ4n) is 2.82. The highest BCUT2D eigenvalue weighted by atomic mass is 16.2. The van der Waals surface area contributed by atoms with E-state index in [0.717, 1.165) is 26.2 Å². The number of urea groups is 1. The molecule has 2 rings (SSSR count). The van der Waals surface area contributed by atoms with Gasteiger partial charge in [-0.2, -0.15) is 0 Å². The molecule has 0 aromatic heterocycles. The molecule has 0 spiro atoms. The van der Waals surface area contributed by atoms with Crippen LogP contribution >= 0.6 is 0 Å². The van der Waals surface area contributed by atoms with Crippen molar-refractivity contribution < 1.29 is 4.79 Å². The molecule has 1 atom stereocenters. The van der Waals surface area contributed by atoms with Gasteiger partial charge in [0.05, 0.1) is 0 Å². The SMILES string of the molecule is CN(CC1CCCCN1)C(=O)N1CCCCC1. The predicted molar refractivity (Wildman–Crippen MR) is 69.1 cm³/mol. The van der Waals surface area contributed by atoms with Gasteiger partial charge in [-0.15, -0.1) is 0 Å². The fraction of sp³-hybridized carbons (Fsp3) is 0.923. The fourth-order valence-corrected chi connectivity index (χ4v) is 2.82. The van der Waals surface area contributed by atoms with Crippen LogP contribution in [-0.2, 0) is 0 Å². The Hall–Kier alpha value is -0.770. The molecule has 2 amide bonds. The van der Waals surface area contributed by atoms with E-state index in [2.05, 4.69) is 5.32 Å². The Bertz CT molecular complexity index is 245. The topological polar surface area (TPSA) is 35.6 Å². The van der Waals surface area contributed by atoms with E-state index in [9.17, 15) is 4.79 Å². The third-order valence-corrected chi connectivity index (χ3v) is 3.86. The van der Waals surface area contributed by atoms with Crippen molar-refractivity contribution in [1.82, 2.24) is 15.1 Å². The third kappa shape index (κ3) is 3.60. The number of hydrogen-bond donors (Lipinski definition) is 1. The molecule has 0 saturated carbocycles. The number of likely N-dealkylation sites (N-methyl/N-ethyl adjacent to an activating group) is 1. The molecule has 2 saturated heterocycles. The quantitative estimate of drug-likeness (QED) is 0.795. The van der Waals surface area contributed by atoms with Crippen LogP contribution in [0, 0.1) is 0 Å². The number of piperidine rings is 2. The zero-order chi connectivity index (χ0) is 12.1. The molecule has 17 heavy (non-hydrogen) atoms. The van der Waals surface area contributed by atoms with Gasteiger partial charge in [-0.3, -0.25) is 0 Å². The summed E-state index contributed by atoms with van der Waals surface area (Å²) < 4.78 is 0. The molecular formula is C13H25N3O. The summed E-state index contributed by atoms with van der Waals surface area (Å²) in [5.41, 5.74) is 0. The van der Waals surface area contributed by atoms with Gasteiger partial charge in [0.15, 0.2) is 0 Å². The Balaban J connectivity index is 1.77. The number of likely N-dealkylation sites (tertiary alicyclic amines) is 1. The summed E-state index contributed by atoms with van der Waals surface area (Å²) in [5, 5.41) is 3.50. The number of carbonyl (C=O) groups is 1. The average Bonchev–Trinajstić information content (AvgIpc) is 2.40. The molecule has 4 heteroatoms. The Kier molecular flexibility index (Phi) is 4.66. The van der Waals surface area contributed by atoms with Crippen LogP contribution in [0.15, 0.2) is 0 Å². The van der Waals surface area contributed by atoms with E-state index in [1.54, 1.807) is 0 Å². The maximum absolute atomic E-state index is 12.2. The molecule has 2 fully saturated rings. The number of nitrogens with zero attached hydrogens (tertiary/aromatic N) is 2. The van der Waals surface area contributed by atoms with Crippen LogP contribution in [0.1, 0.15) is 38.5 Å². The summed E-state index contributed by atoms with van der Waals surface area (Å²) in [6.45, 7) is 3.86. The summed E-state index contributed by atoms with van der Waals surface area (Å²) in [7, 11) is 1.94. The van der Waals surface area contributed by atoms with Crippen LogP contribution in [0.25, 0.3) is 0 Å². The van der Waals surface area contributed by atoms with Gasteiger partial charge in [-0.25, -0.2) is 4.79 Å². The number of rotatable bonds is 2. The summed E-state index contributed by atoms with van der Waals surface area (Å²) in [6.07, 6.45) is 7.39. The van der Waals surface area contributed by atoms with Gasteiger partial charge >= 0.3 is 6.03 Å². The second kappa shape index (κ2) is 6.24. The lowest BCUT2D eigenvalue weighted by atomic mass is 10.0. The molecule has 0 aromatic carbocycles. The van der Waals surface area contributed by atoms with Crippen molar-refractivity contribution in [3.63, 3.8) is 0 Å². The monoisotopic (exact) mass is 239 g/mol. The van der Waals surface area contributed by atoms with Gasteiger partial charge in [0, 0.05) is 32.7 Å². The molecule has 2 aliphatic rings. The highest BCUT2D eigenvalue weighted by Gasteiger charge is 2.22. The summed E-state index contributed by atoms with van der Waals surface area (Å²) in [6, 6.07) is 0.722. The first-order valence-electron chi connectivity index (χ1n) is 7.01. The zero-order valence-electron chi connectivity index (χ0n) is 11.0. The van der Waals surface area contributed by atoms with Gasteiger partial charge in [-0.05, 0) is 38.6 Å². The van der Waals surface area contributed by atoms with E-state index < -0.39 is 0 Å². The van der Waals surface area contributed by atoms with E-state index in [-0.39, 0.29) is 6.03 Å². The standard InChI is InChI=1S/C13H25N3O/c1-15(11-12-7-3-4-8-14-12)13(17)16-9-5-2-6-10-16/h12,14H,2-11H2,1H3. The largest absolute Gasteiger partial charge is 0.326 e. The van der Waals surface area contributed by atoms with Gasteiger partial charge in [0.25, 0.3) is 0 Å². The Morgan fingerprint density at radius 1 is 1.24 bits per heavy atom. The minimum Gasteiger partial charge on any atom is -0.326 e. The lowest BCUT2D eigenvalue weighted by Crippen LogP contribution is -2.49. The number of hydrogen-bond acceptors (Lipinski definition) is 2. The number of nitrogens with one attached hydrogen (secondary N) is 1. The molecule has 1 N–H and O–H groups in total. The maximum atomic E-state index is 12.2. The van der Waals surface area contributed by atoms with Crippen molar-refractivity contribution in [2.24, 2.45) is 0 Å². The van der Waals surface area contributed by atoms with Crippen molar-refractivity contribution >= 4 is 6.03 Å². The number of carbonyl (C=O) groups excluding carboxylic acids is 1. The van der Waals surface area contributed by atoms with E-state index in [0.29, 0.717) is 6.04 Å². The predicted octanol–water partition coefficient (Wildman–Crippen LogP) is 1.67. The van der Waals surface area contributed by atoms with Crippen molar-refractivity contribution in [2.45, 2.75) is 44.6 Å². The Morgan fingerprint density at radius 3 is 2.65 bits per heavy atom. The van der Waals surface area contributed by atoms with Crippen molar-refractivity contribution in [3.8, 4) is 0 Å². The number of amides is 2.